The van der Waals surface area contributed by atoms with Gasteiger partial charge in [0.25, 0.3) is 0 Å². The van der Waals surface area contributed by atoms with E-state index in [2.05, 4.69) is 4.72 Å². The Morgan fingerprint density at radius 3 is 2.78 bits per heavy atom. The van der Waals surface area contributed by atoms with Gasteiger partial charge in [0.05, 0.1) is 5.92 Å². The van der Waals surface area contributed by atoms with Gasteiger partial charge < -0.3 is 4.72 Å². The van der Waals surface area contributed by atoms with Crippen molar-refractivity contribution in [3.05, 3.63) is 0 Å². The quantitative estimate of drug-likeness (QED) is 0.587. The fourth-order valence-corrected chi connectivity index (χ4v) is 0.964. The molecule has 1 aliphatic carbocycles. The van der Waals surface area contributed by atoms with Crippen LogP contribution in [0.15, 0.2) is 0 Å². The highest BCUT2D eigenvalue weighted by atomic mass is 32.2. The molecule has 1 fully saturated rings. The third kappa shape index (κ3) is 1.58. The zero-order chi connectivity index (χ0) is 6.85. The Labute approximate surface area is 57.3 Å². The summed E-state index contributed by atoms with van der Waals surface area (Å²) in [6.45, 7) is 0. The molecule has 0 radical (unpaired) electrons. The summed E-state index contributed by atoms with van der Waals surface area (Å²) in [4.78, 5) is 10.6. The topological polar surface area (TPSA) is 29.1 Å². The van der Waals surface area contributed by atoms with E-state index in [0.717, 1.165) is 0 Å². The molecule has 1 N–H and O–H groups in total. The van der Waals surface area contributed by atoms with Crippen molar-refractivity contribution in [3.8, 4) is 0 Å². The van der Waals surface area contributed by atoms with Gasteiger partial charge in [0, 0.05) is 6.26 Å². The zero-order valence-corrected chi connectivity index (χ0v) is 5.87. The molecular formula is C5H8FNOS. The molecule has 0 aromatic carbocycles. The maximum Gasteiger partial charge on any atom is 0.235 e. The molecule has 1 aliphatic rings. The number of nitrogens with one attached hydrogen (secondary N) is 1. The van der Waals surface area contributed by atoms with Crippen LogP contribution in [0.1, 0.15) is 6.42 Å². The van der Waals surface area contributed by atoms with E-state index in [4.69, 9.17) is 0 Å². The minimum absolute atomic E-state index is 0.171. The monoisotopic (exact) mass is 149 g/mol. The van der Waals surface area contributed by atoms with E-state index in [0.29, 0.717) is 6.42 Å². The molecule has 4 heteroatoms. The summed E-state index contributed by atoms with van der Waals surface area (Å²) in [5.41, 5.74) is 0. The summed E-state index contributed by atoms with van der Waals surface area (Å²) < 4.78 is 14.6. The average molecular weight is 149 g/mol. The lowest BCUT2D eigenvalue weighted by Gasteiger charge is -1.94. The Morgan fingerprint density at radius 2 is 2.44 bits per heavy atom. The minimum Gasteiger partial charge on any atom is -0.300 e. The molecule has 2 atom stereocenters. The van der Waals surface area contributed by atoms with Crippen LogP contribution in [-0.2, 0) is 4.79 Å². The van der Waals surface area contributed by atoms with Gasteiger partial charge in [-0.05, 0) is 6.42 Å². The van der Waals surface area contributed by atoms with Crippen molar-refractivity contribution in [1.82, 2.24) is 4.72 Å². The van der Waals surface area contributed by atoms with Crippen LogP contribution in [0.5, 0.6) is 0 Å². The first-order chi connectivity index (χ1) is 4.25. The standard InChI is InChI=1S/C5H8FNOS/c1-9-7-5(8)3-2-4(3)6/h3-4H,2H2,1H3,(H,7,8). The van der Waals surface area contributed by atoms with Crippen LogP contribution in [0.2, 0.25) is 0 Å². The van der Waals surface area contributed by atoms with Crippen molar-refractivity contribution in [2.45, 2.75) is 12.6 Å². The maximum atomic E-state index is 12.1. The number of halogens is 1. The van der Waals surface area contributed by atoms with Gasteiger partial charge in [0.15, 0.2) is 0 Å². The van der Waals surface area contributed by atoms with Crippen molar-refractivity contribution in [1.29, 1.82) is 0 Å². The molecule has 2 nitrogen and oxygen atoms in total. The molecule has 1 saturated carbocycles. The van der Waals surface area contributed by atoms with Gasteiger partial charge in [-0.1, -0.05) is 11.9 Å². The Kier molecular flexibility index (Phi) is 1.95. The van der Waals surface area contributed by atoms with Gasteiger partial charge in [-0.15, -0.1) is 0 Å². The molecule has 0 heterocycles. The van der Waals surface area contributed by atoms with Crippen molar-refractivity contribution >= 4 is 17.9 Å². The lowest BCUT2D eigenvalue weighted by atomic mass is 10.4. The molecule has 0 aromatic rings. The lowest BCUT2D eigenvalue weighted by Crippen LogP contribution is -2.17. The van der Waals surface area contributed by atoms with Crippen LogP contribution in [0, 0.1) is 5.92 Å². The summed E-state index contributed by atoms with van der Waals surface area (Å²) in [5, 5.41) is 0. The fourth-order valence-electron chi connectivity index (χ4n) is 0.612. The van der Waals surface area contributed by atoms with E-state index < -0.39 is 6.17 Å². The van der Waals surface area contributed by atoms with Crippen molar-refractivity contribution in [2.75, 3.05) is 6.26 Å². The Hall–Kier alpha value is -0.250. The minimum atomic E-state index is -0.878. The Bertz CT molecular complexity index is 130. The van der Waals surface area contributed by atoms with E-state index in [1.54, 1.807) is 6.26 Å². The third-order valence-electron chi connectivity index (χ3n) is 1.25. The Morgan fingerprint density at radius 1 is 1.89 bits per heavy atom. The van der Waals surface area contributed by atoms with Crippen LogP contribution >= 0.6 is 11.9 Å². The number of carbonyl (C=O) groups is 1. The summed E-state index contributed by atoms with van der Waals surface area (Å²) >= 11 is 1.21. The van der Waals surface area contributed by atoms with Gasteiger partial charge in [-0.25, -0.2) is 4.39 Å². The van der Waals surface area contributed by atoms with E-state index in [1.807, 2.05) is 0 Å². The van der Waals surface area contributed by atoms with Gasteiger partial charge in [-0.2, -0.15) is 0 Å². The predicted octanol–water partition coefficient (Wildman–Crippen LogP) is 0.739. The number of hydrogen-bond acceptors (Lipinski definition) is 2. The third-order valence-corrected chi connectivity index (χ3v) is 1.66. The van der Waals surface area contributed by atoms with Crippen molar-refractivity contribution in [3.63, 3.8) is 0 Å². The molecule has 1 rings (SSSR count). The fraction of sp³-hybridized carbons (Fsp3) is 0.800. The van der Waals surface area contributed by atoms with Gasteiger partial charge in [0.2, 0.25) is 5.91 Å². The molecule has 0 aliphatic heterocycles. The number of alkyl halides is 1. The lowest BCUT2D eigenvalue weighted by molar-refractivity contribution is -0.120. The molecule has 0 bridgehead atoms. The molecule has 0 aromatic heterocycles. The summed E-state index contributed by atoms with van der Waals surface area (Å²) in [5.74, 6) is -0.521. The highest BCUT2D eigenvalue weighted by Gasteiger charge is 2.43. The maximum absolute atomic E-state index is 12.1. The molecule has 0 saturated heterocycles. The zero-order valence-electron chi connectivity index (χ0n) is 5.06. The molecule has 52 valence electrons. The van der Waals surface area contributed by atoms with Gasteiger partial charge in [-0.3, -0.25) is 4.79 Å². The highest BCUT2D eigenvalue weighted by Crippen LogP contribution is 2.33. The molecule has 1 amide bonds. The highest BCUT2D eigenvalue weighted by molar-refractivity contribution is 7.97. The first-order valence-electron chi connectivity index (χ1n) is 2.72. The van der Waals surface area contributed by atoms with E-state index in [1.165, 1.54) is 11.9 Å². The predicted molar refractivity (Wildman–Crippen MR) is 34.7 cm³/mol. The van der Waals surface area contributed by atoms with E-state index in [-0.39, 0.29) is 11.8 Å². The second-order valence-electron chi connectivity index (χ2n) is 2.03. The normalized spacial score (nSPS) is 31.8. The SMILES string of the molecule is CSNC(=O)C1CC1F. The van der Waals surface area contributed by atoms with Crippen LogP contribution < -0.4 is 4.72 Å². The van der Waals surface area contributed by atoms with Crippen molar-refractivity contribution < 1.29 is 9.18 Å². The second-order valence-corrected chi connectivity index (χ2v) is 2.64. The molecule has 9 heavy (non-hydrogen) atoms. The van der Waals surface area contributed by atoms with Crippen LogP contribution in [0.3, 0.4) is 0 Å². The average Bonchev–Trinajstić information content (AvgIpc) is 2.47. The number of hydrogen-bond donors (Lipinski definition) is 1. The summed E-state index contributed by atoms with van der Waals surface area (Å²) in [7, 11) is 0. The number of rotatable bonds is 2. The van der Waals surface area contributed by atoms with Crippen molar-refractivity contribution in [2.24, 2.45) is 5.92 Å². The van der Waals surface area contributed by atoms with Crippen LogP contribution in [0.4, 0.5) is 4.39 Å². The summed E-state index contributed by atoms with van der Waals surface area (Å²) in [6, 6.07) is 0. The molecular weight excluding hydrogens is 141 g/mol. The van der Waals surface area contributed by atoms with Crippen LogP contribution in [0.25, 0.3) is 0 Å². The smallest absolute Gasteiger partial charge is 0.235 e. The van der Waals surface area contributed by atoms with E-state index >= 15 is 0 Å². The van der Waals surface area contributed by atoms with E-state index in [9.17, 15) is 9.18 Å². The summed E-state index contributed by atoms with van der Waals surface area (Å²) in [6.07, 6.45) is 1.28. The first-order valence-corrected chi connectivity index (χ1v) is 3.95. The molecule has 2 unspecified atom stereocenters. The van der Waals surface area contributed by atoms with Gasteiger partial charge >= 0.3 is 0 Å². The number of amides is 1. The molecule has 0 spiro atoms. The van der Waals surface area contributed by atoms with Gasteiger partial charge in [0.1, 0.15) is 6.17 Å². The second kappa shape index (κ2) is 2.56. The first kappa shape index (κ1) is 6.86. The van der Waals surface area contributed by atoms with Crippen LogP contribution in [-0.4, -0.2) is 18.3 Å². The number of carbonyl (C=O) groups excluding carboxylic acids is 1. The Balaban J connectivity index is 2.20. The largest absolute Gasteiger partial charge is 0.300 e.